The summed E-state index contributed by atoms with van der Waals surface area (Å²) < 4.78 is 0. The maximum absolute atomic E-state index is 4.41. The topological polar surface area (TPSA) is 24.9 Å². The maximum Gasteiger partial charge on any atom is 0.0606 e. The van der Waals surface area contributed by atoms with Gasteiger partial charge in [0.2, 0.25) is 0 Å². The van der Waals surface area contributed by atoms with Crippen molar-refractivity contribution in [2.45, 2.75) is 40.5 Å². The van der Waals surface area contributed by atoms with E-state index in [4.69, 9.17) is 0 Å². The zero-order valence-electron chi connectivity index (χ0n) is 9.65. The molecule has 1 heterocycles. The molecule has 0 aromatic carbocycles. The van der Waals surface area contributed by atoms with E-state index >= 15 is 0 Å². The number of hydrogen-bond donors (Lipinski definition) is 1. The Hall–Kier alpha value is -1.05. The van der Waals surface area contributed by atoms with Gasteiger partial charge in [-0.1, -0.05) is 13.3 Å². The second-order valence-corrected chi connectivity index (χ2v) is 3.65. The van der Waals surface area contributed by atoms with Crippen molar-refractivity contribution in [3.63, 3.8) is 0 Å². The fourth-order valence-corrected chi connectivity index (χ4v) is 1.73. The summed E-state index contributed by atoms with van der Waals surface area (Å²) in [6.07, 6.45) is 4.31. The Morgan fingerprint density at radius 1 is 1.29 bits per heavy atom. The third kappa shape index (κ3) is 2.25. The van der Waals surface area contributed by atoms with Crippen LogP contribution in [0, 0.1) is 13.8 Å². The summed E-state index contributed by atoms with van der Waals surface area (Å²) in [7, 11) is 0. The van der Waals surface area contributed by atoms with Crippen LogP contribution in [0.25, 0.3) is 0 Å². The molecule has 0 saturated heterocycles. The van der Waals surface area contributed by atoms with Crippen molar-refractivity contribution in [3.05, 3.63) is 23.0 Å². The van der Waals surface area contributed by atoms with Crippen LogP contribution in [-0.2, 0) is 6.42 Å². The standard InChI is InChI=1S/C12H20N2/c1-5-7-11-8-14-10(4)12(9(11)3)13-6-2/h8,13H,5-7H2,1-4H3. The zero-order valence-corrected chi connectivity index (χ0v) is 9.65. The Labute approximate surface area is 86.8 Å². The number of anilines is 1. The average molecular weight is 192 g/mol. The third-order valence-electron chi connectivity index (χ3n) is 2.51. The van der Waals surface area contributed by atoms with Gasteiger partial charge in [0, 0.05) is 12.7 Å². The minimum atomic E-state index is 0.957. The van der Waals surface area contributed by atoms with Gasteiger partial charge in [-0.3, -0.25) is 4.98 Å². The van der Waals surface area contributed by atoms with Gasteiger partial charge in [0.25, 0.3) is 0 Å². The molecule has 78 valence electrons. The highest BCUT2D eigenvalue weighted by atomic mass is 14.9. The second kappa shape index (κ2) is 4.99. The normalized spacial score (nSPS) is 10.3. The fraction of sp³-hybridized carbons (Fsp3) is 0.583. The van der Waals surface area contributed by atoms with Gasteiger partial charge in [0.1, 0.15) is 0 Å². The highest BCUT2D eigenvalue weighted by molar-refractivity contribution is 5.56. The van der Waals surface area contributed by atoms with Crippen LogP contribution >= 0.6 is 0 Å². The van der Waals surface area contributed by atoms with Gasteiger partial charge in [0.15, 0.2) is 0 Å². The molecule has 0 aliphatic heterocycles. The molecule has 0 aliphatic rings. The first kappa shape index (κ1) is 11.0. The monoisotopic (exact) mass is 192 g/mol. The van der Waals surface area contributed by atoms with Crippen molar-refractivity contribution < 1.29 is 0 Å². The Balaban J connectivity index is 3.05. The molecule has 1 N–H and O–H groups in total. The van der Waals surface area contributed by atoms with Crippen LogP contribution in [-0.4, -0.2) is 11.5 Å². The van der Waals surface area contributed by atoms with Gasteiger partial charge < -0.3 is 5.32 Å². The zero-order chi connectivity index (χ0) is 10.6. The van der Waals surface area contributed by atoms with Crippen LogP contribution in [0.1, 0.15) is 37.1 Å². The molecule has 0 spiro atoms. The van der Waals surface area contributed by atoms with Crippen LogP contribution in [0.2, 0.25) is 0 Å². The molecule has 0 atom stereocenters. The van der Waals surface area contributed by atoms with E-state index in [1.165, 1.54) is 23.2 Å². The van der Waals surface area contributed by atoms with Crippen LogP contribution in [0.5, 0.6) is 0 Å². The Morgan fingerprint density at radius 2 is 2.00 bits per heavy atom. The SMILES string of the molecule is CCCc1cnc(C)c(NCC)c1C. The molecule has 0 unspecified atom stereocenters. The molecule has 2 heteroatoms. The summed E-state index contributed by atoms with van der Waals surface area (Å²) >= 11 is 0. The molecular weight excluding hydrogens is 172 g/mol. The van der Waals surface area contributed by atoms with Crippen molar-refractivity contribution in [3.8, 4) is 0 Å². The Kier molecular flexibility index (Phi) is 3.93. The highest BCUT2D eigenvalue weighted by Gasteiger charge is 2.06. The second-order valence-electron chi connectivity index (χ2n) is 3.65. The molecule has 0 radical (unpaired) electrons. The summed E-state index contributed by atoms with van der Waals surface area (Å²) in [6.45, 7) is 9.51. The summed E-state index contributed by atoms with van der Waals surface area (Å²) in [5.74, 6) is 0. The molecule has 0 fully saturated rings. The Bertz CT molecular complexity index is 305. The van der Waals surface area contributed by atoms with Crippen molar-refractivity contribution in [1.82, 2.24) is 4.98 Å². The maximum atomic E-state index is 4.41. The van der Waals surface area contributed by atoms with E-state index in [0.29, 0.717) is 0 Å². The summed E-state index contributed by atoms with van der Waals surface area (Å²) in [5.41, 5.74) is 5.05. The number of hydrogen-bond acceptors (Lipinski definition) is 2. The molecule has 0 amide bonds. The van der Waals surface area contributed by atoms with Crippen molar-refractivity contribution in [2.24, 2.45) is 0 Å². The van der Waals surface area contributed by atoms with Gasteiger partial charge in [-0.15, -0.1) is 0 Å². The molecule has 2 nitrogen and oxygen atoms in total. The lowest BCUT2D eigenvalue weighted by molar-refractivity contribution is 0.899. The lowest BCUT2D eigenvalue weighted by Crippen LogP contribution is -2.05. The van der Waals surface area contributed by atoms with Gasteiger partial charge in [0.05, 0.1) is 11.4 Å². The van der Waals surface area contributed by atoms with E-state index in [2.05, 4.69) is 38.0 Å². The van der Waals surface area contributed by atoms with E-state index in [-0.39, 0.29) is 0 Å². The van der Waals surface area contributed by atoms with Crippen LogP contribution < -0.4 is 5.32 Å². The van der Waals surface area contributed by atoms with E-state index in [1.54, 1.807) is 0 Å². The predicted molar refractivity (Wildman–Crippen MR) is 61.9 cm³/mol. The van der Waals surface area contributed by atoms with Gasteiger partial charge in [-0.05, 0) is 38.3 Å². The average Bonchev–Trinajstić information content (AvgIpc) is 2.17. The van der Waals surface area contributed by atoms with Gasteiger partial charge >= 0.3 is 0 Å². The van der Waals surface area contributed by atoms with Gasteiger partial charge in [-0.2, -0.15) is 0 Å². The van der Waals surface area contributed by atoms with Crippen molar-refractivity contribution in [2.75, 3.05) is 11.9 Å². The Morgan fingerprint density at radius 3 is 2.57 bits per heavy atom. The molecule has 14 heavy (non-hydrogen) atoms. The first-order chi connectivity index (χ1) is 6.70. The lowest BCUT2D eigenvalue weighted by Gasteiger charge is -2.13. The van der Waals surface area contributed by atoms with Crippen molar-refractivity contribution in [1.29, 1.82) is 0 Å². The molecule has 0 saturated carbocycles. The van der Waals surface area contributed by atoms with E-state index in [0.717, 1.165) is 18.7 Å². The minimum Gasteiger partial charge on any atom is -0.384 e. The predicted octanol–water partition coefficient (Wildman–Crippen LogP) is 3.08. The number of nitrogens with zero attached hydrogens (tertiary/aromatic N) is 1. The van der Waals surface area contributed by atoms with Gasteiger partial charge in [-0.25, -0.2) is 0 Å². The smallest absolute Gasteiger partial charge is 0.0606 e. The number of pyridine rings is 1. The highest BCUT2D eigenvalue weighted by Crippen LogP contribution is 2.22. The van der Waals surface area contributed by atoms with Crippen LogP contribution in [0.15, 0.2) is 6.20 Å². The summed E-state index contributed by atoms with van der Waals surface area (Å²) in [5, 5.41) is 3.38. The van der Waals surface area contributed by atoms with Crippen LogP contribution in [0.3, 0.4) is 0 Å². The molecule has 0 bridgehead atoms. The van der Waals surface area contributed by atoms with Crippen molar-refractivity contribution >= 4 is 5.69 Å². The third-order valence-corrected chi connectivity index (χ3v) is 2.51. The number of aromatic nitrogens is 1. The largest absolute Gasteiger partial charge is 0.384 e. The molecule has 0 aliphatic carbocycles. The van der Waals surface area contributed by atoms with E-state index in [9.17, 15) is 0 Å². The molecule has 1 aromatic rings. The number of rotatable bonds is 4. The quantitative estimate of drug-likeness (QED) is 0.793. The van der Waals surface area contributed by atoms with Crippen LogP contribution in [0.4, 0.5) is 5.69 Å². The molecule has 1 rings (SSSR count). The van der Waals surface area contributed by atoms with E-state index < -0.39 is 0 Å². The first-order valence-electron chi connectivity index (χ1n) is 5.39. The number of nitrogens with one attached hydrogen (secondary N) is 1. The minimum absolute atomic E-state index is 0.957. The summed E-state index contributed by atoms with van der Waals surface area (Å²) in [6, 6.07) is 0. The first-order valence-corrected chi connectivity index (χ1v) is 5.39. The fourth-order valence-electron chi connectivity index (χ4n) is 1.73. The van der Waals surface area contributed by atoms with E-state index in [1.807, 2.05) is 6.20 Å². The lowest BCUT2D eigenvalue weighted by atomic mass is 10.0. The molecule has 1 aromatic heterocycles. The summed E-state index contributed by atoms with van der Waals surface area (Å²) in [4.78, 5) is 4.41. The number of aryl methyl sites for hydroxylation is 2. The molecular formula is C12H20N2.